The van der Waals surface area contributed by atoms with E-state index in [2.05, 4.69) is 6.92 Å². The molecule has 1 aromatic heterocycles. The molecule has 2 atom stereocenters. The van der Waals surface area contributed by atoms with E-state index in [0.29, 0.717) is 11.7 Å². The molecule has 0 amide bonds. The largest absolute Gasteiger partial charge is 0.453 e. The third-order valence-electron chi connectivity index (χ3n) is 3.87. The highest BCUT2D eigenvalue weighted by molar-refractivity contribution is 5.99. The number of fused-ring (bicyclic) bond motifs is 1. The van der Waals surface area contributed by atoms with E-state index in [-0.39, 0.29) is 11.7 Å². The van der Waals surface area contributed by atoms with E-state index < -0.39 is 0 Å². The highest BCUT2D eigenvalue weighted by atomic mass is 16.3. The van der Waals surface area contributed by atoms with E-state index in [1.807, 2.05) is 30.3 Å². The first-order valence-corrected chi connectivity index (χ1v) is 6.28. The zero-order chi connectivity index (χ0) is 11.8. The first-order chi connectivity index (χ1) is 8.25. The van der Waals surface area contributed by atoms with Crippen LogP contribution in [0.4, 0.5) is 0 Å². The Hall–Kier alpha value is -1.57. The van der Waals surface area contributed by atoms with Crippen LogP contribution in [0.15, 0.2) is 34.7 Å². The number of para-hydroxylation sites is 1. The molecular formula is C15H16O2. The second kappa shape index (κ2) is 4.02. The minimum Gasteiger partial charge on any atom is -0.453 e. The molecule has 0 radical (unpaired) electrons. The summed E-state index contributed by atoms with van der Waals surface area (Å²) in [5, 5.41) is 1.02. The van der Waals surface area contributed by atoms with Crippen molar-refractivity contribution >= 4 is 16.8 Å². The van der Waals surface area contributed by atoms with Crippen LogP contribution in [0, 0.1) is 11.8 Å². The average molecular weight is 228 g/mol. The monoisotopic (exact) mass is 228 g/mol. The molecular weight excluding hydrogens is 212 g/mol. The van der Waals surface area contributed by atoms with Crippen LogP contribution in [-0.4, -0.2) is 5.78 Å². The molecule has 0 bridgehead atoms. The molecule has 0 spiro atoms. The fraction of sp³-hybridized carbons (Fsp3) is 0.400. The van der Waals surface area contributed by atoms with Gasteiger partial charge in [-0.1, -0.05) is 31.5 Å². The second-order valence-electron chi connectivity index (χ2n) is 5.03. The fourth-order valence-electron chi connectivity index (χ4n) is 2.82. The quantitative estimate of drug-likeness (QED) is 0.726. The van der Waals surface area contributed by atoms with Crippen LogP contribution in [-0.2, 0) is 0 Å². The summed E-state index contributed by atoms with van der Waals surface area (Å²) in [5.74, 6) is 1.38. The van der Waals surface area contributed by atoms with Gasteiger partial charge >= 0.3 is 0 Å². The molecule has 1 saturated carbocycles. The van der Waals surface area contributed by atoms with Crippen LogP contribution in [0.3, 0.4) is 0 Å². The lowest BCUT2D eigenvalue weighted by molar-refractivity contribution is 0.0870. The van der Waals surface area contributed by atoms with E-state index in [0.717, 1.165) is 30.2 Å². The molecule has 1 aliphatic rings. The lowest BCUT2D eigenvalue weighted by Crippen LogP contribution is -2.16. The molecule has 2 unspecified atom stereocenters. The Kier molecular flexibility index (Phi) is 2.50. The topological polar surface area (TPSA) is 30.2 Å². The fourth-order valence-corrected chi connectivity index (χ4v) is 2.82. The zero-order valence-corrected chi connectivity index (χ0v) is 9.98. The van der Waals surface area contributed by atoms with Crippen molar-refractivity contribution in [1.82, 2.24) is 0 Å². The number of furan rings is 1. The van der Waals surface area contributed by atoms with Gasteiger partial charge in [0.25, 0.3) is 0 Å². The van der Waals surface area contributed by atoms with Crippen LogP contribution in [0.1, 0.15) is 36.7 Å². The van der Waals surface area contributed by atoms with Crippen molar-refractivity contribution in [2.75, 3.05) is 0 Å². The van der Waals surface area contributed by atoms with Crippen LogP contribution in [0.2, 0.25) is 0 Å². The first kappa shape index (κ1) is 10.6. The van der Waals surface area contributed by atoms with E-state index in [4.69, 9.17) is 4.42 Å². The summed E-state index contributed by atoms with van der Waals surface area (Å²) in [6.45, 7) is 2.16. The van der Waals surface area contributed by atoms with Crippen LogP contribution in [0.5, 0.6) is 0 Å². The molecule has 1 fully saturated rings. The summed E-state index contributed by atoms with van der Waals surface area (Å²) in [7, 11) is 0. The van der Waals surface area contributed by atoms with Crippen molar-refractivity contribution in [2.24, 2.45) is 11.8 Å². The molecule has 2 aromatic rings. The van der Waals surface area contributed by atoms with Crippen molar-refractivity contribution < 1.29 is 9.21 Å². The summed E-state index contributed by atoms with van der Waals surface area (Å²) in [6.07, 6.45) is 3.34. The van der Waals surface area contributed by atoms with E-state index in [9.17, 15) is 4.79 Å². The smallest absolute Gasteiger partial charge is 0.201 e. The number of ketones is 1. The Balaban J connectivity index is 1.95. The van der Waals surface area contributed by atoms with Crippen molar-refractivity contribution in [3.63, 3.8) is 0 Å². The third kappa shape index (κ3) is 1.78. The molecule has 0 aliphatic heterocycles. The van der Waals surface area contributed by atoms with Gasteiger partial charge in [-0.3, -0.25) is 4.79 Å². The predicted molar refractivity (Wildman–Crippen MR) is 67.0 cm³/mol. The summed E-state index contributed by atoms with van der Waals surface area (Å²) < 4.78 is 5.64. The molecule has 0 N–H and O–H groups in total. The second-order valence-corrected chi connectivity index (χ2v) is 5.03. The Morgan fingerprint density at radius 3 is 2.82 bits per heavy atom. The summed E-state index contributed by atoms with van der Waals surface area (Å²) >= 11 is 0. The van der Waals surface area contributed by atoms with Gasteiger partial charge in [0.15, 0.2) is 5.76 Å². The maximum absolute atomic E-state index is 12.3. The predicted octanol–water partition coefficient (Wildman–Crippen LogP) is 4.05. The molecule has 0 saturated heterocycles. The Morgan fingerprint density at radius 1 is 1.29 bits per heavy atom. The number of carbonyl (C=O) groups excluding carboxylic acids is 1. The molecule has 3 rings (SSSR count). The van der Waals surface area contributed by atoms with Crippen LogP contribution >= 0.6 is 0 Å². The van der Waals surface area contributed by atoms with Gasteiger partial charge in [0, 0.05) is 11.3 Å². The number of hydrogen-bond acceptors (Lipinski definition) is 2. The molecule has 2 nitrogen and oxygen atoms in total. The van der Waals surface area contributed by atoms with Crippen LogP contribution < -0.4 is 0 Å². The van der Waals surface area contributed by atoms with Crippen molar-refractivity contribution in [3.05, 3.63) is 36.1 Å². The normalized spacial score (nSPS) is 24.3. The van der Waals surface area contributed by atoms with Gasteiger partial charge in [-0.2, -0.15) is 0 Å². The minimum absolute atomic E-state index is 0.163. The lowest BCUT2D eigenvalue weighted by atomic mass is 9.92. The number of Topliss-reactive ketones (excluding diaryl/α,β-unsaturated/α-hetero) is 1. The Labute approximate surface area is 101 Å². The zero-order valence-electron chi connectivity index (χ0n) is 9.98. The highest BCUT2D eigenvalue weighted by Crippen LogP contribution is 2.34. The number of carbonyl (C=O) groups is 1. The minimum atomic E-state index is 0.163. The van der Waals surface area contributed by atoms with E-state index in [1.165, 1.54) is 0 Å². The lowest BCUT2D eigenvalue weighted by Gasteiger charge is -2.11. The first-order valence-electron chi connectivity index (χ1n) is 6.28. The van der Waals surface area contributed by atoms with Gasteiger partial charge in [0.2, 0.25) is 5.78 Å². The highest BCUT2D eigenvalue weighted by Gasteiger charge is 2.31. The van der Waals surface area contributed by atoms with Gasteiger partial charge in [-0.05, 0) is 30.9 Å². The molecule has 1 heterocycles. The summed E-state index contributed by atoms with van der Waals surface area (Å²) in [6, 6.07) is 9.66. The van der Waals surface area contributed by atoms with Crippen molar-refractivity contribution in [3.8, 4) is 0 Å². The number of hydrogen-bond donors (Lipinski definition) is 0. The average Bonchev–Trinajstić information content (AvgIpc) is 2.93. The van der Waals surface area contributed by atoms with E-state index in [1.54, 1.807) is 0 Å². The van der Waals surface area contributed by atoms with Gasteiger partial charge in [0.1, 0.15) is 5.58 Å². The van der Waals surface area contributed by atoms with Crippen molar-refractivity contribution in [2.45, 2.75) is 26.2 Å². The number of rotatable bonds is 2. The SMILES string of the molecule is CC1CCCC1C(=O)c1cc2ccccc2o1. The maximum Gasteiger partial charge on any atom is 0.201 e. The third-order valence-corrected chi connectivity index (χ3v) is 3.87. The van der Waals surface area contributed by atoms with E-state index >= 15 is 0 Å². The van der Waals surface area contributed by atoms with Gasteiger partial charge in [0.05, 0.1) is 0 Å². The standard InChI is InChI=1S/C15H16O2/c1-10-5-4-7-12(10)15(16)14-9-11-6-2-3-8-13(11)17-14/h2-3,6,8-10,12H,4-5,7H2,1H3. The molecule has 1 aliphatic carbocycles. The maximum atomic E-state index is 12.3. The molecule has 1 aromatic carbocycles. The Morgan fingerprint density at radius 2 is 2.12 bits per heavy atom. The molecule has 88 valence electrons. The summed E-state index contributed by atoms with van der Waals surface area (Å²) in [4.78, 5) is 12.3. The Bertz CT molecular complexity index is 520. The summed E-state index contributed by atoms with van der Waals surface area (Å²) in [5.41, 5.74) is 0.807. The van der Waals surface area contributed by atoms with Crippen molar-refractivity contribution in [1.29, 1.82) is 0 Å². The van der Waals surface area contributed by atoms with Gasteiger partial charge in [-0.15, -0.1) is 0 Å². The molecule has 2 heteroatoms. The van der Waals surface area contributed by atoms with Gasteiger partial charge < -0.3 is 4.42 Å². The number of benzene rings is 1. The molecule has 17 heavy (non-hydrogen) atoms. The van der Waals surface area contributed by atoms with Crippen LogP contribution in [0.25, 0.3) is 11.0 Å². The van der Waals surface area contributed by atoms with Gasteiger partial charge in [-0.25, -0.2) is 0 Å².